The van der Waals surface area contributed by atoms with E-state index >= 15 is 0 Å². The number of aromatic nitrogens is 4. The van der Waals surface area contributed by atoms with Crippen molar-refractivity contribution in [1.82, 2.24) is 24.9 Å². The normalized spacial score (nSPS) is 12.1. The quantitative estimate of drug-likeness (QED) is 0.0134. The first-order valence-corrected chi connectivity index (χ1v) is 36.1. The number of unbranched alkanes of at least 4 members (excludes halogenated alkanes) is 24. The SMILES string of the molecule is CCCCCCCCCCC(C#Cc1cc(N)c2nc3c4cccc5c(Br)ccc(c(=O)n3c2c1)c54)CCCCCCCC.CCCCCCCCCCC(C#Cc1cc([N+](=O)[O-])c2nc3c4cccc5c(Br)ccc(c(=O)n3c2c1)c54)CCCCCCCC.N.S. The minimum absolute atomic E-state index is 0. The van der Waals surface area contributed by atoms with E-state index in [-0.39, 0.29) is 47.9 Å². The standard InChI is InChI=1S/C39H46BrN3O3.C39H48BrN3O.H3N.H2S/c1-3-5-7-9-11-12-14-16-19-28(18-15-13-10-8-6-4-2)22-23-29-26-34-37(35(27-29)43(45)46)41-38-31-21-17-20-30-33(40)25-24-32(36(30)31)39(44)42(34)38;1-3-5-7-9-11-12-14-16-19-28(18-15-13-10-8-6-4-2)22-23-29-26-34(41)37-35(27-29)43-38(42-37)31-21-17-20-30-33(40)25-24-32(36(30)31)39(43)44;;/h17,20-21,24-28H,3-16,18-19H2,1-2H3;17,20-21,24-28H,3-16,18-19,41H2,1-2H3;1H3;1H2. The molecule has 0 saturated heterocycles. The van der Waals surface area contributed by atoms with Gasteiger partial charge in [0.25, 0.3) is 16.8 Å². The van der Waals surface area contributed by atoms with E-state index in [2.05, 4.69) is 83.2 Å². The summed E-state index contributed by atoms with van der Waals surface area (Å²) in [5, 5.41) is 19.0. The Morgan fingerprint density at radius 3 is 1.18 bits per heavy atom. The number of nitrogens with two attached hydrogens (primary N) is 1. The van der Waals surface area contributed by atoms with Gasteiger partial charge in [0.15, 0.2) is 5.52 Å². The molecule has 0 radical (unpaired) electrons. The van der Waals surface area contributed by atoms with Crippen molar-refractivity contribution in [1.29, 1.82) is 0 Å². The number of pyridine rings is 2. The Morgan fingerprint density at radius 1 is 0.467 bits per heavy atom. The maximum atomic E-state index is 13.9. The summed E-state index contributed by atoms with van der Waals surface area (Å²) in [5.74, 6) is 14.6. The van der Waals surface area contributed by atoms with Crippen LogP contribution in [0.25, 0.3) is 76.5 Å². The molecule has 10 rings (SSSR count). The predicted molar refractivity (Wildman–Crippen MR) is 403 cm³/mol. The molecule has 0 saturated carbocycles. The van der Waals surface area contributed by atoms with Crippen LogP contribution in [0.4, 0.5) is 11.4 Å². The lowest BCUT2D eigenvalue weighted by Gasteiger charge is -2.11. The lowest BCUT2D eigenvalue weighted by atomic mass is 9.94. The molecule has 4 aromatic heterocycles. The average molecular weight is 1390 g/mol. The van der Waals surface area contributed by atoms with Crippen LogP contribution in [-0.2, 0) is 0 Å². The average Bonchev–Trinajstić information content (AvgIpc) is 1.49. The molecule has 0 aliphatic heterocycles. The van der Waals surface area contributed by atoms with Crippen molar-refractivity contribution in [3.05, 3.63) is 136 Å². The van der Waals surface area contributed by atoms with Gasteiger partial charge in [0, 0.05) is 70.3 Å². The summed E-state index contributed by atoms with van der Waals surface area (Å²) in [7, 11) is 0. The largest absolute Gasteiger partial charge is 0.397 e. The van der Waals surface area contributed by atoms with E-state index in [1.54, 1.807) is 4.40 Å². The van der Waals surface area contributed by atoms with E-state index in [9.17, 15) is 19.7 Å². The molecule has 0 amide bonds. The number of halogens is 2. The molecule has 2 atom stereocenters. The Morgan fingerprint density at radius 2 is 0.804 bits per heavy atom. The maximum Gasteiger partial charge on any atom is 0.298 e. The summed E-state index contributed by atoms with van der Waals surface area (Å²) in [5.41, 5.74) is 11.2. The fourth-order valence-electron chi connectivity index (χ4n) is 13.5. The zero-order valence-corrected chi connectivity index (χ0v) is 59.4. The molecule has 0 bridgehead atoms. The van der Waals surface area contributed by atoms with Gasteiger partial charge in [-0.1, -0.05) is 299 Å². The Bertz CT molecular complexity index is 4290. The van der Waals surface area contributed by atoms with Crippen LogP contribution >= 0.6 is 45.4 Å². The third-order valence-corrected chi connectivity index (χ3v) is 19.9. The van der Waals surface area contributed by atoms with Gasteiger partial charge < -0.3 is 11.9 Å². The van der Waals surface area contributed by atoms with Gasteiger partial charge in [-0.3, -0.25) is 28.5 Å². The molecule has 0 spiro atoms. The van der Waals surface area contributed by atoms with Crippen LogP contribution < -0.4 is 23.0 Å². The summed E-state index contributed by atoms with van der Waals surface area (Å²) >= 11 is 7.26. The van der Waals surface area contributed by atoms with E-state index in [1.807, 2.05) is 78.9 Å². The van der Waals surface area contributed by atoms with E-state index < -0.39 is 4.92 Å². The number of nitro benzene ring substituents is 1. The summed E-state index contributed by atoms with van der Waals surface area (Å²) in [6.45, 7) is 9.04. The molecule has 11 nitrogen and oxygen atoms in total. The number of benzene rings is 6. The second kappa shape index (κ2) is 37.0. The lowest BCUT2D eigenvalue weighted by molar-refractivity contribution is -0.383. The highest BCUT2D eigenvalue weighted by molar-refractivity contribution is 9.11. The number of imidazole rings is 2. The Balaban J connectivity index is 0.000000256. The van der Waals surface area contributed by atoms with Crippen LogP contribution in [0.3, 0.4) is 0 Å². The van der Waals surface area contributed by atoms with Gasteiger partial charge in [0.05, 0.1) is 21.6 Å². The lowest BCUT2D eigenvalue weighted by Crippen LogP contribution is -2.13. The monoisotopic (exact) mass is 1390 g/mol. The topological polar surface area (TPSA) is 173 Å². The van der Waals surface area contributed by atoms with Crippen LogP contribution in [0.15, 0.2) is 103 Å². The first-order valence-electron chi connectivity index (χ1n) is 34.6. The van der Waals surface area contributed by atoms with Gasteiger partial charge >= 0.3 is 0 Å². The van der Waals surface area contributed by atoms with Crippen LogP contribution in [0.1, 0.15) is 244 Å². The fraction of sp³-hybridized carbons (Fsp3) is 0.487. The van der Waals surface area contributed by atoms with Crippen molar-refractivity contribution < 1.29 is 4.92 Å². The molecule has 5 N–H and O–H groups in total. The summed E-state index contributed by atoms with van der Waals surface area (Å²) in [6.07, 6.45) is 40.6. The van der Waals surface area contributed by atoms with Gasteiger partial charge in [-0.25, -0.2) is 9.97 Å². The number of non-ortho nitro benzene ring substituents is 1. The van der Waals surface area contributed by atoms with Crippen LogP contribution in [-0.4, -0.2) is 23.7 Å². The number of hydrogen-bond donors (Lipinski definition) is 2. The summed E-state index contributed by atoms with van der Waals surface area (Å²) in [4.78, 5) is 49.3. The van der Waals surface area contributed by atoms with E-state index in [0.29, 0.717) is 50.3 Å². The third-order valence-electron chi connectivity index (χ3n) is 18.5. The molecule has 92 heavy (non-hydrogen) atoms. The molecule has 0 fully saturated rings. The van der Waals surface area contributed by atoms with Crippen molar-refractivity contribution in [3.8, 4) is 23.7 Å². The Labute approximate surface area is 569 Å². The van der Waals surface area contributed by atoms with Crippen LogP contribution in [0.2, 0.25) is 0 Å². The van der Waals surface area contributed by atoms with Crippen molar-refractivity contribution in [2.75, 3.05) is 5.73 Å². The molecule has 4 heterocycles. The van der Waals surface area contributed by atoms with Gasteiger partial charge in [-0.2, -0.15) is 13.5 Å². The number of nitrogens with zero attached hydrogens (tertiary/aromatic N) is 5. The van der Waals surface area contributed by atoms with E-state index in [0.717, 1.165) is 90.9 Å². The van der Waals surface area contributed by atoms with Gasteiger partial charge in [-0.05, 0) is 78.9 Å². The number of rotatable bonds is 33. The van der Waals surface area contributed by atoms with E-state index in [4.69, 9.17) is 15.7 Å². The number of anilines is 1. The Hall–Kier alpha value is -6.29. The second-order valence-corrected chi connectivity index (χ2v) is 27.1. The molecule has 0 aliphatic carbocycles. The smallest absolute Gasteiger partial charge is 0.298 e. The highest BCUT2D eigenvalue weighted by Gasteiger charge is 2.24. The predicted octanol–water partition coefficient (Wildman–Crippen LogP) is 23.0. The highest BCUT2D eigenvalue weighted by atomic mass is 79.9. The Kier molecular flexibility index (Phi) is 29.4. The van der Waals surface area contributed by atoms with E-state index in [1.165, 1.54) is 177 Å². The fourth-order valence-corrected chi connectivity index (χ4v) is 14.4. The van der Waals surface area contributed by atoms with Crippen molar-refractivity contribution >= 4 is 133 Å². The minimum atomic E-state index is -0.407. The van der Waals surface area contributed by atoms with Gasteiger partial charge in [-0.15, -0.1) is 0 Å². The molecule has 6 aromatic carbocycles. The molecule has 490 valence electrons. The van der Waals surface area contributed by atoms with Crippen LogP contribution in [0.5, 0.6) is 0 Å². The zero-order valence-electron chi connectivity index (χ0n) is 55.3. The number of nitro groups is 1. The van der Waals surface area contributed by atoms with Gasteiger partial charge in [0.1, 0.15) is 16.8 Å². The maximum absolute atomic E-state index is 13.9. The van der Waals surface area contributed by atoms with Crippen molar-refractivity contribution in [3.63, 3.8) is 0 Å². The molecular weight excluding hydrogens is 1290 g/mol. The number of fused-ring (bicyclic) bond motifs is 8. The summed E-state index contributed by atoms with van der Waals surface area (Å²) in [6, 6.07) is 26.7. The third kappa shape index (κ3) is 18.1. The van der Waals surface area contributed by atoms with Crippen molar-refractivity contribution in [2.24, 2.45) is 11.8 Å². The minimum Gasteiger partial charge on any atom is -0.397 e. The van der Waals surface area contributed by atoms with Crippen LogP contribution in [0, 0.1) is 45.6 Å². The zero-order chi connectivity index (χ0) is 63.4. The molecule has 14 heteroatoms. The van der Waals surface area contributed by atoms with Gasteiger partial charge in [0.2, 0.25) is 0 Å². The summed E-state index contributed by atoms with van der Waals surface area (Å²) < 4.78 is 5.12. The first-order chi connectivity index (χ1) is 44.0. The molecular formula is C78H99Br2N7O4S. The first kappa shape index (κ1) is 73.1. The molecule has 0 aliphatic rings. The molecule has 2 unspecified atom stereocenters. The number of nitrogen functional groups attached to an aromatic ring is 1. The second-order valence-electron chi connectivity index (χ2n) is 25.4. The highest BCUT2D eigenvalue weighted by Crippen LogP contribution is 2.38. The number of hydrogen-bond acceptors (Lipinski definition) is 8. The van der Waals surface area contributed by atoms with Crippen molar-refractivity contribution in [2.45, 2.75) is 233 Å². The molecule has 10 aromatic rings.